The van der Waals surface area contributed by atoms with Crippen molar-refractivity contribution in [3.05, 3.63) is 42.0 Å². The number of allylic oxidation sites excluding steroid dienone is 1. The molecule has 1 N–H and O–H groups in total. The zero-order valence-electron chi connectivity index (χ0n) is 7.76. The highest BCUT2D eigenvalue weighted by Gasteiger charge is 1.91. The molecule has 1 rings (SSSR count). The zero-order valence-corrected chi connectivity index (χ0v) is 8.51. The van der Waals surface area contributed by atoms with Gasteiger partial charge in [-0.3, -0.25) is 0 Å². The standard InChI is InChI=1S/C11H14ClN/c1-10-6-2-3-7-11(10)13-9-5-4-8-12/h2-7,13H,8-9H2,1H3/b5-4+. The van der Waals surface area contributed by atoms with Crippen LogP contribution in [0.2, 0.25) is 0 Å². The Morgan fingerprint density at radius 3 is 2.77 bits per heavy atom. The largest absolute Gasteiger partial charge is 0.381 e. The van der Waals surface area contributed by atoms with Crippen molar-refractivity contribution in [2.45, 2.75) is 6.92 Å². The quantitative estimate of drug-likeness (QED) is 0.575. The van der Waals surface area contributed by atoms with Crippen LogP contribution < -0.4 is 5.32 Å². The summed E-state index contributed by atoms with van der Waals surface area (Å²) in [7, 11) is 0. The van der Waals surface area contributed by atoms with Crippen molar-refractivity contribution in [1.29, 1.82) is 0 Å². The lowest BCUT2D eigenvalue weighted by atomic mass is 10.2. The molecule has 0 bridgehead atoms. The monoisotopic (exact) mass is 195 g/mol. The average Bonchev–Trinajstić information content (AvgIpc) is 2.15. The Morgan fingerprint density at radius 2 is 2.08 bits per heavy atom. The van der Waals surface area contributed by atoms with Crippen LogP contribution in [0.5, 0.6) is 0 Å². The van der Waals surface area contributed by atoms with Crippen LogP contribution in [-0.2, 0) is 0 Å². The number of hydrogen-bond acceptors (Lipinski definition) is 1. The Labute approximate surface area is 84.4 Å². The van der Waals surface area contributed by atoms with Gasteiger partial charge in [-0.1, -0.05) is 30.4 Å². The van der Waals surface area contributed by atoms with E-state index in [9.17, 15) is 0 Å². The Hall–Kier alpha value is -0.950. The maximum atomic E-state index is 5.50. The van der Waals surface area contributed by atoms with Gasteiger partial charge in [0.1, 0.15) is 0 Å². The number of alkyl halides is 1. The Kier molecular flexibility index (Phi) is 4.41. The highest BCUT2D eigenvalue weighted by Crippen LogP contribution is 2.12. The minimum atomic E-state index is 0.579. The van der Waals surface area contributed by atoms with E-state index in [1.807, 2.05) is 24.3 Å². The molecule has 70 valence electrons. The molecule has 0 atom stereocenters. The number of hydrogen-bond donors (Lipinski definition) is 1. The molecule has 2 heteroatoms. The van der Waals surface area contributed by atoms with E-state index in [1.54, 1.807) is 0 Å². The predicted octanol–water partition coefficient (Wildman–Crippen LogP) is 3.20. The molecule has 1 aromatic rings. The third kappa shape index (κ3) is 3.51. The van der Waals surface area contributed by atoms with E-state index < -0.39 is 0 Å². The fraction of sp³-hybridized carbons (Fsp3) is 0.273. The van der Waals surface area contributed by atoms with E-state index in [2.05, 4.69) is 24.4 Å². The molecule has 0 saturated carbocycles. The number of aryl methyl sites for hydroxylation is 1. The SMILES string of the molecule is Cc1ccccc1NC/C=C/CCl. The maximum absolute atomic E-state index is 5.50. The van der Waals surface area contributed by atoms with Crippen LogP contribution in [0.25, 0.3) is 0 Å². The summed E-state index contributed by atoms with van der Waals surface area (Å²) >= 11 is 5.50. The summed E-state index contributed by atoms with van der Waals surface area (Å²) in [5.74, 6) is 0.579. The third-order valence-electron chi connectivity index (χ3n) is 1.81. The number of halogens is 1. The number of anilines is 1. The zero-order chi connectivity index (χ0) is 9.52. The highest BCUT2D eigenvalue weighted by molar-refractivity contribution is 6.18. The highest BCUT2D eigenvalue weighted by atomic mass is 35.5. The molecule has 0 amide bonds. The molecule has 0 fully saturated rings. The van der Waals surface area contributed by atoms with Gasteiger partial charge in [-0.15, -0.1) is 11.6 Å². The van der Waals surface area contributed by atoms with Crippen LogP contribution in [0.4, 0.5) is 5.69 Å². The number of para-hydroxylation sites is 1. The first-order valence-corrected chi connectivity index (χ1v) is 4.88. The molecule has 0 heterocycles. The summed E-state index contributed by atoms with van der Waals surface area (Å²) in [5, 5.41) is 3.30. The smallest absolute Gasteiger partial charge is 0.0404 e. The first-order chi connectivity index (χ1) is 6.34. The lowest BCUT2D eigenvalue weighted by Gasteiger charge is -2.05. The van der Waals surface area contributed by atoms with Crippen molar-refractivity contribution in [1.82, 2.24) is 0 Å². The Morgan fingerprint density at radius 1 is 1.31 bits per heavy atom. The lowest BCUT2D eigenvalue weighted by Crippen LogP contribution is -1.99. The molecule has 0 aromatic heterocycles. The lowest BCUT2D eigenvalue weighted by molar-refractivity contribution is 1.30. The van der Waals surface area contributed by atoms with Gasteiger partial charge in [0, 0.05) is 18.1 Å². The van der Waals surface area contributed by atoms with Gasteiger partial charge in [0.25, 0.3) is 0 Å². The van der Waals surface area contributed by atoms with Crippen LogP contribution in [0.15, 0.2) is 36.4 Å². The molecule has 0 aliphatic heterocycles. The number of rotatable bonds is 4. The van der Waals surface area contributed by atoms with Crippen LogP contribution >= 0.6 is 11.6 Å². The van der Waals surface area contributed by atoms with Gasteiger partial charge < -0.3 is 5.32 Å². The molecule has 0 unspecified atom stereocenters. The second kappa shape index (κ2) is 5.65. The van der Waals surface area contributed by atoms with Crippen LogP contribution in [0.3, 0.4) is 0 Å². The Bertz CT molecular complexity index is 281. The first-order valence-electron chi connectivity index (χ1n) is 4.35. The summed E-state index contributed by atoms with van der Waals surface area (Å²) < 4.78 is 0. The molecule has 0 spiro atoms. The number of benzene rings is 1. The average molecular weight is 196 g/mol. The van der Waals surface area contributed by atoms with E-state index >= 15 is 0 Å². The van der Waals surface area contributed by atoms with Crippen molar-refractivity contribution < 1.29 is 0 Å². The van der Waals surface area contributed by atoms with Crippen molar-refractivity contribution in [3.63, 3.8) is 0 Å². The fourth-order valence-corrected chi connectivity index (χ4v) is 1.21. The molecular weight excluding hydrogens is 182 g/mol. The molecule has 0 saturated heterocycles. The molecule has 13 heavy (non-hydrogen) atoms. The van der Waals surface area contributed by atoms with Gasteiger partial charge in [-0.05, 0) is 18.6 Å². The summed E-state index contributed by atoms with van der Waals surface area (Å²) in [6.45, 7) is 2.92. The van der Waals surface area contributed by atoms with E-state index in [0.717, 1.165) is 6.54 Å². The molecule has 1 nitrogen and oxygen atoms in total. The van der Waals surface area contributed by atoms with Crippen molar-refractivity contribution in [2.75, 3.05) is 17.7 Å². The molecule has 0 aliphatic rings. The van der Waals surface area contributed by atoms with Crippen molar-refractivity contribution in [2.24, 2.45) is 0 Å². The van der Waals surface area contributed by atoms with E-state index in [0.29, 0.717) is 5.88 Å². The minimum Gasteiger partial charge on any atom is -0.381 e. The number of nitrogens with one attached hydrogen (secondary N) is 1. The van der Waals surface area contributed by atoms with E-state index in [4.69, 9.17) is 11.6 Å². The molecule has 1 aromatic carbocycles. The Balaban J connectivity index is 2.45. The summed E-state index contributed by atoms with van der Waals surface area (Å²) in [5.41, 5.74) is 2.45. The maximum Gasteiger partial charge on any atom is 0.0404 e. The van der Waals surface area contributed by atoms with Gasteiger partial charge in [0.05, 0.1) is 0 Å². The van der Waals surface area contributed by atoms with Gasteiger partial charge in [0.2, 0.25) is 0 Å². The van der Waals surface area contributed by atoms with Crippen molar-refractivity contribution >= 4 is 17.3 Å². The second-order valence-electron chi connectivity index (χ2n) is 2.82. The van der Waals surface area contributed by atoms with Gasteiger partial charge in [0.15, 0.2) is 0 Å². The van der Waals surface area contributed by atoms with Gasteiger partial charge >= 0.3 is 0 Å². The summed E-state index contributed by atoms with van der Waals surface area (Å²) in [4.78, 5) is 0. The normalized spacial score (nSPS) is 10.6. The molecule has 0 radical (unpaired) electrons. The molecule has 0 aliphatic carbocycles. The minimum absolute atomic E-state index is 0.579. The van der Waals surface area contributed by atoms with E-state index in [-0.39, 0.29) is 0 Å². The summed E-state index contributed by atoms with van der Waals surface area (Å²) in [6, 6.07) is 8.23. The third-order valence-corrected chi connectivity index (χ3v) is 1.99. The van der Waals surface area contributed by atoms with Crippen LogP contribution in [0.1, 0.15) is 5.56 Å². The molecular formula is C11H14ClN. The van der Waals surface area contributed by atoms with Crippen LogP contribution in [-0.4, -0.2) is 12.4 Å². The van der Waals surface area contributed by atoms with Crippen LogP contribution in [0, 0.1) is 6.92 Å². The van der Waals surface area contributed by atoms with E-state index in [1.165, 1.54) is 11.3 Å². The first kappa shape index (κ1) is 10.1. The van der Waals surface area contributed by atoms with Gasteiger partial charge in [-0.25, -0.2) is 0 Å². The van der Waals surface area contributed by atoms with Crippen molar-refractivity contribution in [3.8, 4) is 0 Å². The topological polar surface area (TPSA) is 12.0 Å². The predicted molar refractivity (Wildman–Crippen MR) is 59.5 cm³/mol. The summed E-state index contributed by atoms with van der Waals surface area (Å²) in [6.07, 6.45) is 3.96. The fourth-order valence-electron chi connectivity index (χ4n) is 1.09. The second-order valence-corrected chi connectivity index (χ2v) is 3.13. The van der Waals surface area contributed by atoms with Gasteiger partial charge in [-0.2, -0.15) is 0 Å².